The van der Waals surface area contributed by atoms with Crippen molar-refractivity contribution in [2.75, 3.05) is 36.0 Å². The van der Waals surface area contributed by atoms with Gasteiger partial charge in [0.1, 0.15) is 5.82 Å². The lowest BCUT2D eigenvalue weighted by atomic mass is 10.2. The van der Waals surface area contributed by atoms with Crippen LogP contribution in [0.3, 0.4) is 0 Å². The molecule has 0 radical (unpaired) electrons. The van der Waals surface area contributed by atoms with Gasteiger partial charge in [0.25, 0.3) is 0 Å². The van der Waals surface area contributed by atoms with Crippen LogP contribution < -0.4 is 15.5 Å². The molecule has 0 unspecified atom stereocenters. The average Bonchev–Trinajstić information content (AvgIpc) is 2.62. The highest BCUT2D eigenvalue weighted by Crippen LogP contribution is 2.21. The lowest BCUT2D eigenvalue weighted by Crippen LogP contribution is -2.47. The van der Waals surface area contributed by atoms with Crippen LogP contribution in [0.4, 0.5) is 11.5 Å². The largest absolute Gasteiger partial charge is 0.409 e. The van der Waals surface area contributed by atoms with E-state index in [1.165, 1.54) is 5.69 Å². The number of aromatic nitrogens is 1. The Morgan fingerprint density at radius 2 is 1.68 bits per heavy atom. The highest BCUT2D eigenvalue weighted by Gasteiger charge is 2.21. The third kappa shape index (κ3) is 2.81. The van der Waals surface area contributed by atoms with E-state index in [1.54, 1.807) is 12.3 Å². The maximum absolute atomic E-state index is 8.91. The monoisotopic (exact) mass is 297 g/mol. The van der Waals surface area contributed by atoms with E-state index in [-0.39, 0.29) is 5.84 Å². The molecule has 2 heterocycles. The van der Waals surface area contributed by atoms with E-state index in [9.17, 15) is 0 Å². The van der Waals surface area contributed by atoms with Crippen LogP contribution in [0.1, 0.15) is 5.56 Å². The van der Waals surface area contributed by atoms with Gasteiger partial charge in [0.2, 0.25) is 0 Å². The molecule has 0 aliphatic carbocycles. The average molecular weight is 297 g/mol. The summed E-state index contributed by atoms with van der Waals surface area (Å²) in [6, 6.07) is 14.0. The Labute approximate surface area is 129 Å². The molecular formula is C16H19N5O. The van der Waals surface area contributed by atoms with Crippen LogP contribution in [-0.2, 0) is 0 Å². The van der Waals surface area contributed by atoms with E-state index in [2.05, 4.69) is 44.2 Å². The van der Waals surface area contributed by atoms with E-state index < -0.39 is 0 Å². The zero-order chi connectivity index (χ0) is 15.4. The number of para-hydroxylation sites is 1. The number of hydrogen-bond donors (Lipinski definition) is 2. The van der Waals surface area contributed by atoms with Crippen molar-refractivity contribution in [2.45, 2.75) is 0 Å². The van der Waals surface area contributed by atoms with Gasteiger partial charge < -0.3 is 20.7 Å². The molecule has 0 amide bonds. The van der Waals surface area contributed by atoms with Gasteiger partial charge in [-0.25, -0.2) is 4.98 Å². The minimum Gasteiger partial charge on any atom is -0.409 e. The second kappa shape index (κ2) is 6.34. The molecule has 1 fully saturated rings. The normalized spacial score (nSPS) is 15.9. The number of nitrogens with zero attached hydrogens (tertiary/aromatic N) is 4. The first-order chi connectivity index (χ1) is 10.8. The highest BCUT2D eigenvalue weighted by molar-refractivity contribution is 6.01. The van der Waals surface area contributed by atoms with Crippen molar-refractivity contribution in [2.24, 2.45) is 10.9 Å². The summed E-state index contributed by atoms with van der Waals surface area (Å²) in [5.74, 6) is 0.860. The van der Waals surface area contributed by atoms with Crippen molar-refractivity contribution in [1.82, 2.24) is 4.98 Å². The Bertz CT molecular complexity index is 651. The molecule has 1 saturated heterocycles. The molecule has 114 valence electrons. The first kappa shape index (κ1) is 14.2. The Morgan fingerprint density at radius 1 is 1.00 bits per heavy atom. The van der Waals surface area contributed by atoms with Crippen molar-refractivity contribution in [3.05, 3.63) is 54.2 Å². The van der Waals surface area contributed by atoms with Gasteiger partial charge in [-0.2, -0.15) is 0 Å². The smallest absolute Gasteiger partial charge is 0.173 e. The van der Waals surface area contributed by atoms with Crippen molar-refractivity contribution >= 4 is 17.3 Å². The van der Waals surface area contributed by atoms with Crippen molar-refractivity contribution in [3.63, 3.8) is 0 Å². The molecule has 0 spiro atoms. The van der Waals surface area contributed by atoms with Gasteiger partial charge >= 0.3 is 0 Å². The molecule has 2 aromatic rings. The molecule has 3 rings (SSSR count). The van der Waals surface area contributed by atoms with Gasteiger partial charge in [0, 0.05) is 38.1 Å². The van der Waals surface area contributed by atoms with Gasteiger partial charge in [0.15, 0.2) is 5.84 Å². The minimum atomic E-state index is 0.0913. The molecule has 1 aromatic carbocycles. The van der Waals surface area contributed by atoms with Crippen molar-refractivity contribution in [1.29, 1.82) is 0 Å². The molecule has 0 saturated carbocycles. The molecule has 0 bridgehead atoms. The predicted octanol–water partition coefficient (Wildman–Crippen LogP) is 1.50. The quantitative estimate of drug-likeness (QED) is 0.388. The number of anilines is 2. The number of oxime groups is 1. The third-order valence-corrected chi connectivity index (χ3v) is 3.87. The number of nitrogens with two attached hydrogens (primary N) is 1. The number of pyridine rings is 1. The molecule has 6 heteroatoms. The Kier molecular flexibility index (Phi) is 4.09. The summed E-state index contributed by atoms with van der Waals surface area (Å²) in [6.07, 6.45) is 1.73. The van der Waals surface area contributed by atoms with Gasteiger partial charge in [-0.15, -0.1) is 0 Å². The van der Waals surface area contributed by atoms with E-state index in [1.807, 2.05) is 12.1 Å². The zero-order valence-corrected chi connectivity index (χ0v) is 12.3. The van der Waals surface area contributed by atoms with Crippen LogP contribution in [-0.4, -0.2) is 42.2 Å². The van der Waals surface area contributed by atoms with Gasteiger partial charge in [-0.1, -0.05) is 23.4 Å². The first-order valence-electron chi connectivity index (χ1n) is 7.27. The number of rotatable bonds is 3. The molecule has 1 aliphatic rings. The molecule has 1 aliphatic heterocycles. The number of benzene rings is 1. The van der Waals surface area contributed by atoms with Crippen LogP contribution in [0.25, 0.3) is 0 Å². The zero-order valence-electron chi connectivity index (χ0n) is 12.3. The van der Waals surface area contributed by atoms with Crippen molar-refractivity contribution < 1.29 is 5.21 Å². The second-order valence-corrected chi connectivity index (χ2v) is 5.17. The fourth-order valence-corrected chi connectivity index (χ4v) is 2.72. The first-order valence-corrected chi connectivity index (χ1v) is 7.27. The van der Waals surface area contributed by atoms with E-state index >= 15 is 0 Å². The predicted molar refractivity (Wildman–Crippen MR) is 87.6 cm³/mol. The number of hydrogen-bond acceptors (Lipinski definition) is 5. The van der Waals surface area contributed by atoms with Crippen molar-refractivity contribution in [3.8, 4) is 0 Å². The minimum absolute atomic E-state index is 0.0913. The molecule has 1 aromatic heterocycles. The summed E-state index contributed by atoms with van der Waals surface area (Å²) in [6.45, 7) is 3.52. The highest BCUT2D eigenvalue weighted by atomic mass is 16.4. The van der Waals surface area contributed by atoms with Gasteiger partial charge in [0.05, 0.1) is 5.56 Å². The van der Waals surface area contributed by atoms with Crippen LogP contribution in [0.15, 0.2) is 53.8 Å². The third-order valence-electron chi connectivity index (χ3n) is 3.87. The lowest BCUT2D eigenvalue weighted by Gasteiger charge is -2.37. The summed E-state index contributed by atoms with van der Waals surface area (Å²) in [5, 5.41) is 12.0. The molecule has 6 nitrogen and oxygen atoms in total. The maximum atomic E-state index is 8.91. The van der Waals surface area contributed by atoms with Crippen LogP contribution >= 0.6 is 0 Å². The van der Waals surface area contributed by atoms with Crippen LogP contribution in [0, 0.1) is 0 Å². The number of amidine groups is 1. The maximum Gasteiger partial charge on any atom is 0.173 e. The van der Waals surface area contributed by atoms with Crippen LogP contribution in [0.2, 0.25) is 0 Å². The van der Waals surface area contributed by atoms with E-state index in [0.717, 1.165) is 32.0 Å². The molecular weight excluding hydrogens is 278 g/mol. The topological polar surface area (TPSA) is 78.0 Å². The van der Waals surface area contributed by atoms with E-state index in [4.69, 9.17) is 10.9 Å². The summed E-state index contributed by atoms with van der Waals surface area (Å²) < 4.78 is 0. The summed E-state index contributed by atoms with van der Waals surface area (Å²) in [4.78, 5) is 8.93. The Balaban J connectivity index is 1.75. The summed E-state index contributed by atoms with van der Waals surface area (Å²) in [7, 11) is 0. The fraction of sp³-hybridized carbons (Fsp3) is 0.250. The SMILES string of the molecule is N/C(=N\O)c1cccnc1N1CCN(c2ccccc2)CC1. The lowest BCUT2D eigenvalue weighted by molar-refractivity contribution is 0.318. The molecule has 0 atom stereocenters. The molecule has 3 N–H and O–H groups in total. The Hall–Kier alpha value is -2.76. The summed E-state index contributed by atoms with van der Waals surface area (Å²) >= 11 is 0. The van der Waals surface area contributed by atoms with Crippen LogP contribution in [0.5, 0.6) is 0 Å². The molecule has 22 heavy (non-hydrogen) atoms. The standard InChI is InChI=1S/C16H19N5O/c17-15(19-22)14-7-4-8-18-16(14)21-11-9-20(10-12-21)13-5-2-1-3-6-13/h1-8,22H,9-12H2,(H2,17,19). The van der Waals surface area contributed by atoms with E-state index in [0.29, 0.717) is 5.56 Å². The van der Waals surface area contributed by atoms with Gasteiger partial charge in [-0.3, -0.25) is 0 Å². The summed E-state index contributed by atoms with van der Waals surface area (Å²) in [5.41, 5.74) is 7.64. The Morgan fingerprint density at radius 3 is 2.36 bits per heavy atom. The van der Waals surface area contributed by atoms with Gasteiger partial charge in [-0.05, 0) is 24.3 Å². The second-order valence-electron chi connectivity index (χ2n) is 5.17. The number of piperazine rings is 1. The fourth-order valence-electron chi connectivity index (χ4n) is 2.72.